The molecule has 174 valence electrons. The molecule has 0 bridgehead atoms. The Balaban J connectivity index is 2.04. The van der Waals surface area contributed by atoms with Gasteiger partial charge in [-0.05, 0) is 30.7 Å². The number of carbonyl (C=O) groups is 2. The molecule has 0 saturated carbocycles. The van der Waals surface area contributed by atoms with E-state index >= 15 is 0 Å². The Bertz CT molecular complexity index is 1280. The molecule has 1 aliphatic rings. The minimum Gasteiger partial charge on any atom is -0.550 e. The van der Waals surface area contributed by atoms with Crippen molar-refractivity contribution in [2.45, 2.75) is 12.5 Å². The van der Waals surface area contributed by atoms with Crippen LogP contribution in [-0.4, -0.2) is 30.0 Å². The van der Waals surface area contributed by atoms with Crippen LogP contribution in [0.3, 0.4) is 0 Å². The molecule has 0 radical (unpaired) electrons. The molecule has 2 heterocycles. The molecule has 11 heteroatoms. The number of nitrogens with two attached hydrogens (primary N) is 3. The molecule has 2 aromatic rings. The van der Waals surface area contributed by atoms with Crippen molar-refractivity contribution in [2.75, 3.05) is 0 Å². The lowest BCUT2D eigenvalue weighted by atomic mass is 9.92. The second kappa shape index (κ2) is 10.2. The topological polar surface area (TPSA) is 198 Å². The van der Waals surface area contributed by atoms with Gasteiger partial charge in [0.2, 0.25) is 0 Å². The van der Waals surface area contributed by atoms with E-state index in [4.69, 9.17) is 21.9 Å². The highest BCUT2D eigenvalue weighted by Crippen LogP contribution is 2.27. The van der Waals surface area contributed by atoms with Crippen molar-refractivity contribution in [3.8, 4) is 23.0 Å². The number of carboxylic acids is 2. The highest BCUT2D eigenvalue weighted by molar-refractivity contribution is 5.82. The molecular weight excluding hydrogens is 440 g/mol. The van der Waals surface area contributed by atoms with Gasteiger partial charge in [0.15, 0.2) is 12.4 Å². The number of aryl methyl sites for hydroxylation is 1. The first-order valence-electron chi connectivity index (χ1n) is 10.0. The zero-order chi connectivity index (χ0) is 24.8. The fourth-order valence-electron chi connectivity index (χ4n) is 3.32. The van der Waals surface area contributed by atoms with E-state index < -0.39 is 24.0 Å². The van der Waals surface area contributed by atoms with E-state index in [2.05, 4.69) is 21.8 Å². The fraction of sp³-hybridized carbons (Fsp3) is 0.174. The molecule has 3 rings (SSSR count). The van der Waals surface area contributed by atoms with Crippen LogP contribution in [0.5, 0.6) is 0 Å². The number of ether oxygens (including phenoxy) is 1. The first kappa shape index (κ1) is 23.8. The van der Waals surface area contributed by atoms with Crippen LogP contribution >= 0.6 is 0 Å². The van der Waals surface area contributed by atoms with Crippen LogP contribution in [0.2, 0.25) is 0 Å². The van der Waals surface area contributed by atoms with Crippen molar-refractivity contribution in [3.05, 3.63) is 60.1 Å². The number of carboxylic acid groups (broad SMARTS) is 2. The Labute approximate surface area is 194 Å². The van der Waals surface area contributed by atoms with Gasteiger partial charge in [0, 0.05) is 40.2 Å². The monoisotopic (exact) mass is 462 g/mol. The molecule has 0 spiro atoms. The Morgan fingerprint density at radius 2 is 1.94 bits per heavy atom. The van der Waals surface area contributed by atoms with Gasteiger partial charge in [0.1, 0.15) is 18.8 Å². The number of allylic oxidation sites excluding steroid dienone is 1. The largest absolute Gasteiger partial charge is 0.550 e. The summed E-state index contributed by atoms with van der Waals surface area (Å²) in [6, 6.07) is 9.00. The number of hydrogen-bond donors (Lipinski definition) is 4. The summed E-state index contributed by atoms with van der Waals surface area (Å²) in [4.78, 5) is 29.2. The summed E-state index contributed by atoms with van der Waals surface area (Å²) >= 11 is 0. The van der Waals surface area contributed by atoms with E-state index in [-0.39, 0.29) is 23.9 Å². The Kier molecular flexibility index (Phi) is 7.13. The van der Waals surface area contributed by atoms with Gasteiger partial charge in [0.05, 0.1) is 12.2 Å². The zero-order valence-electron chi connectivity index (χ0n) is 18.1. The fourth-order valence-corrected chi connectivity index (χ4v) is 3.32. The van der Waals surface area contributed by atoms with Crippen LogP contribution in [0, 0.1) is 17.8 Å². The number of hydrogen-bond acceptors (Lipinski definition) is 6. The number of pyridine rings is 1. The lowest BCUT2D eigenvalue weighted by molar-refractivity contribution is -0.671. The maximum atomic E-state index is 11.4. The summed E-state index contributed by atoms with van der Waals surface area (Å²) in [6.07, 6.45) is 3.09. The highest BCUT2D eigenvalue weighted by atomic mass is 16.5. The van der Waals surface area contributed by atoms with Crippen molar-refractivity contribution >= 4 is 29.5 Å². The average molecular weight is 462 g/mol. The van der Waals surface area contributed by atoms with Crippen LogP contribution in [0.15, 0.2) is 59.6 Å². The van der Waals surface area contributed by atoms with Crippen molar-refractivity contribution in [1.29, 1.82) is 0 Å². The lowest BCUT2D eigenvalue weighted by Gasteiger charge is -2.31. The van der Waals surface area contributed by atoms with Crippen LogP contribution in [-0.2, 0) is 21.4 Å². The van der Waals surface area contributed by atoms with Crippen molar-refractivity contribution in [1.82, 2.24) is 0 Å². The average Bonchev–Trinajstić information content (AvgIpc) is 2.76. The van der Waals surface area contributed by atoms with Crippen LogP contribution in [0.1, 0.15) is 12.0 Å². The lowest BCUT2D eigenvalue weighted by Crippen LogP contribution is -2.84. The van der Waals surface area contributed by atoms with Gasteiger partial charge < -0.3 is 41.7 Å². The van der Waals surface area contributed by atoms with Gasteiger partial charge in [-0.3, -0.25) is 0 Å². The molecule has 2 atom stereocenters. The Morgan fingerprint density at radius 3 is 2.59 bits per heavy atom. The summed E-state index contributed by atoms with van der Waals surface area (Å²) < 4.78 is 6.91. The molecular formula is C23H22N6O5. The second-order valence-corrected chi connectivity index (χ2v) is 7.46. The smallest absolute Gasteiger partial charge is 0.316 e. The first-order chi connectivity index (χ1) is 16.1. The minimum absolute atomic E-state index is 0.0220. The number of aliphatic carboxylic acids is 2. The Hall–Kier alpha value is -4.85. The number of carbonyl (C=O) groups excluding carboxylic acids is 2. The third kappa shape index (κ3) is 5.89. The van der Waals surface area contributed by atoms with Gasteiger partial charge in [-0.1, -0.05) is 11.8 Å². The number of aliphatic imine (C=N–C) groups is 1. The van der Waals surface area contributed by atoms with E-state index in [0.717, 1.165) is 17.4 Å². The summed E-state index contributed by atoms with van der Waals surface area (Å²) in [5.41, 5.74) is 19.5. The molecule has 0 amide bonds. The quantitative estimate of drug-likeness (QED) is 0.151. The van der Waals surface area contributed by atoms with E-state index in [9.17, 15) is 19.8 Å². The SMILES string of the molecule is C[n+]1cccc(-c2ccc(N=C(N)[NH+]=C(N)N)cc2C#CC2=CO[C@H](C(=O)[O-])[C@H](C(=O)[O-])C2)c1. The molecule has 1 aliphatic heterocycles. The van der Waals surface area contributed by atoms with Gasteiger partial charge in [-0.25, -0.2) is 9.56 Å². The maximum absolute atomic E-state index is 11.4. The van der Waals surface area contributed by atoms with Crippen LogP contribution < -0.4 is 37.0 Å². The molecule has 0 fully saturated rings. The predicted molar refractivity (Wildman–Crippen MR) is 117 cm³/mol. The summed E-state index contributed by atoms with van der Waals surface area (Å²) in [6.45, 7) is 0. The third-order valence-electron chi connectivity index (χ3n) is 4.83. The van der Waals surface area contributed by atoms with Crippen LogP contribution in [0.25, 0.3) is 11.1 Å². The summed E-state index contributed by atoms with van der Waals surface area (Å²) in [7, 11) is 1.88. The molecule has 0 unspecified atom stereocenters. The van der Waals surface area contributed by atoms with Crippen molar-refractivity contribution < 1.29 is 34.1 Å². The Morgan fingerprint density at radius 1 is 1.18 bits per heavy atom. The van der Waals surface area contributed by atoms with E-state index in [1.807, 2.05) is 42.2 Å². The molecule has 1 aromatic heterocycles. The standard InChI is InChI=1S/C23H22N6O5/c1-29-8-2-3-15(11-29)17-7-6-16(27-23(26)28-22(24)25)10-14(17)5-4-13-9-18(20(30)31)19(21(32)33)34-12-13/h2-3,6-8,10-12,18-19H,9H2,1H3,(H7-,24,25,26,27,28,30,31,32,33)/t18-,19+/m1/s1. The molecule has 34 heavy (non-hydrogen) atoms. The maximum Gasteiger partial charge on any atom is 0.316 e. The third-order valence-corrected chi connectivity index (χ3v) is 4.83. The minimum atomic E-state index is -1.64. The molecule has 11 nitrogen and oxygen atoms in total. The number of guanidine groups is 2. The zero-order valence-corrected chi connectivity index (χ0v) is 18.1. The van der Waals surface area contributed by atoms with Gasteiger partial charge >= 0.3 is 5.96 Å². The number of rotatable bonds is 4. The number of nitrogens with one attached hydrogen (secondary N) is 1. The van der Waals surface area contributed by atoms with Crippen molar-refractivity contribution in [3.63, 3.8) is 0 Å². The molecule has 0 aliphatic carbocycles. The molecule has 1 aromatic carbocycles. The molecule has 7 N–H and O–H groups in total. The van der Waals surface area contributed by atoms with Gasteiger partial charge in [-0.2, -0.15) is 0 Å². The number of nitrogens with zero attached hydrogens (tertiary/aromatic N) is 2. The van der Waals surface area contributed by atoms with E-state index in [1.165, 1.54) is 0 Å². The normalized spacial score (nSPS) is 17.4. The van der Waals surface area contributed by atoms with E-state index in [0.29, 0.717) is 11.3 Å². The summed E-state index contributed by atoms with van der Waals surface area (Å²) in [5.74, 6) is 1.09. The van der Waals surface area contributed by atoms with Crippen LogP contribution in [0.4, 0.5) is 5.69 Å². The van der Waals surface area contributed by atoms with Gasteiger partial charge in [-0.15, -0.1) is 4.99 Å². The molecule has 0 saturated heterocycles. The summed E-state index contributed by atoms with van der Waals surface area (Å²) in [5, 5.41) is 22.5. The van der Waals surface area contributed by atoms with Gasteiger partial charge in [0.25, 0.3) is 5.96 Å². The number of benzene rings is 1. The van der Waals surface area contributed by atoms with E-state index in [1.54, 1.807) is 12.1 Å². The van der Waals surface area contributed by atoms with Crippen molar-refractivity contribution in [2.24, 2.45) is 35.2 Å². The number of aromatic nitrogens is 1. The highest BCUT2D eigenvalue weighted by Gasteiger charge is 2.29. The predicted octanol–water partition coefficient (Wildman–Crippen LogP) is -4.38. The second-order valence-electron chi connectivity index (χ2n) is 7.46. The first-order valence-corrected chi connectivity index (χ1v) is 10.0.